The lowest BCUT2D eigenvalue weighted by atomic mass is 9.82. The van der Waals surface area contributed by atoms with Crippen LogP contribution in [0, 0.1) is 11.8 Å². The first-order valence-corrected chi connectivity index (χ1v) is 15.8. The van der Waals surface area contributed by atoms with E-state index in [0.29, 0.717) is 83.7 Å². The second-order valence-corrected chi connectivity index (χ2v) is 10.8. The van der Waals surface area contributed by atoms with Gasteiger partial charge in [-0.1, -0.05) is 0 Å². The topological polar surface area (TPSA) is 189 Å². The summed E-state index contributed by atoms with van der Waals surface area (Å²) in [7, 11) is 0. The van der Waals surface area contributed by atoms with Gasteiger partial charge in [-0.05, 0) is 77.0 Å². The smallest absolute Gasteiger partial charge is 0.308 e. The molecule has 0 aromatic rings. The van der Waals surface area contributed by atoms with Crippen molar-refractivity contribution in [3.8, 4) is 0 Å². The van der Waals surface area contributed by atoms with Crippen LogP contribution in [0.1, 0.15) is 103 Å². The van der Waals surface area contributed by atoms with Crippen LogP contribution in [0.3, 0.4) is 0 Å². The monoisotopic (exact) mass is 630 g/mol. The van der Waals surface area contributed by atoms with E-state index in [0.717, 1.165) is 0 Å². The van der Waals surface area contributed by atoms with Crippen LogP contribution in [0.2, 0.25) is 0 Å². The highest BCUT2D eigenvalue weighted by Gasteiger charge is 2.31. The van der Waals surface area contributed by atoms with Crippen molar-refractivity contribution in [3.63, 3.8) is 0 Å². The molecule has 1 fully saturated rings. The van der Waals surface area contributed by atoms with Crippen LogP contribution in [-0.4, -0.2) is 92.1 Å². The van der Waals surface area contributed by atoms with E-state index in [-0.39, 0.29) is 94.2 Å². The molecule has 2 N–H and O–H groups in total. The largest absolute Gasteiger partial charge is 0.466 e. The molecule has 0 radical (unpaired) electrons. The van der Waals surface area contributed by atoms with Crippen LogP contribution in [0.5, 0.6) is 0 Å². The molecule has 0 atom stereocenters. The first-order valence-electron chi connectivity index (χ1n) is 15.8. The third-order valence-electron chi connectivity index (χ3n) is 7.10. The Balaban J connectivity index is 1.95. The summed E-state index contributed by atoms with van der Waals surface area (Å²) < 4.78 is 25.8. The van der Waals surface area contributed by atoms with E-state index in [1.54, 1.807) is 0 Å². The minimum atomic E-state index is -0.521. The summed E-state index contributed by atoms with van der Waals surface area (Å²) >= 11 is 0. The molecule has 13 nitrogen and oxygen atoms in total. The van der Waals surface area contributed by atoms with Crippen molar-refractivity contribution < 1.29 is 62.7 Å². The van der Waals surface area contributed by atoms with Crippen molar-refractivity contribution in [2.24, 2.45) is 11.8 Å². The first-order chi connectivity index (χ1) is 21.3. The molecule has 1 saturated carbocycles. The Kier molecular flexibility index (Phi) is 22.4. The van der Waals surface area contributed by atoms with E-state index in [2.05, 4.69) is 0 Å². The molecule has 0 unspecified atom stereocenters. The summed E-state index contributed by atoms with van der Waals surface area (Å²) in [5.74, 6) is -2.61. The Labute approximate surface area is 259 Å². The Bertz CT molecular complexity index is 865. The molecule has 1 aliphatic rings. The van der Waals surface area contributed by atoms with Crippen molar-refractivity contribution in [1.29, 1.82) is 0 Å². The molecule has 0 spiro atoms. The molecular weight excluding hydrogens is 580 g/mol. The number of ether oxygens (including phenoxy) is 5. The quantitative estimate of drug-likeness (QED) is 0.0852. The number of esters is 5. The highest BCUT2D eigenvalue weighted by molar-refractivity contribution is 5.79. The molecule has 1 rings (SSSR count). The minimum absolute atomic E-state index is 0.0731. The molecule has 1 aliphatic carbocycles. The van der Waals surface area contributed by atoms with Crippen LogP contribution in [-0.2, 0) is 52.5 Å². The summed E-state index contributed by atoms with van der Waals surface area (Å²) in [6.07, 6.45) is 6.86. The average molecular weight is 631 g/mol. The normalized spacial score (nSPS) is 16.0. The van der Waals surface area contributed by atoms with Gasteiger partial charge in [0.15, 0.2) is 5.78 Å². The molecule has 0 aromatic carbocycles. The van der Waals surface area contributed by atoms with Crippen molar-refractivity contribution in [3.05, 3.63) is 0 Å². The lowest BCUT2D eigenvalue weighted by Gasteiger charge is -2.26. The molecule has 0 heterocycles. The molecule has 0 aromatic heterocycles. The second-order valence-electron chi connectivity index (χ2n) is 10.8. The summed E-state index contributed by atoms with van der Waals surface area (Å²) in [6.45, 7) is 0.595. The van der Waals surface area contributed by atoms with Crippen LogP contribution in [0.4, 0.5) is 0 Å². The predicted molar refractivity (Wildman–Crippen MR) is 155 cm³/mol. The van der Waals surface area contributed by atoms with E-state index in [9.17, 15) is 28.8 Å². The second kappa shape index (κ2) is 25.3. The van der Waals surface area contributed by atoms with Gasteiger partial charge < -0.3 is 33.9 Å². The van der Waals surface area contributed by atoms with E-state index in [1.165, 1.54) is 0 Å². The van der Waals surface area contributed by atoms with Gasteiger partial charge in [-0.3, -0.25) is 28.8 Å². The number of carbonyl (C=O) groups excluding carboxylic acids is 6. The predicted octanol–water partition coefficient (Wildman–Crippen LogP) is 2.74. The number of aliphatic hydroxyl groups is 2. The van der Waals surface area contributed by atoms with E-state index in [4.69, 9.17) is 33.9 Å². The SMILES string of the molecule is O=C(CO)CCCCC(=O)OCCCCOC(=O)CCC(=O)OCCCCOC(=O)C1CCC(C(=O)OCCCCO)CC1. The van der Waals surface area contributed by atoms with E-state index in [1.807, 2.05) is 0 Å². The lowest BCUT2D eigenvalue weighted by molar-refractivity contribution is -0.155. The van der Waals surface area contributed by atoms with Gasteiger partial charge in [-0.25, -0.2) is 0 Å². The fourth-order valence-electron chi connectivity index (χ4n) is 4.42. The number of hydrogen-bond donors (Lipinski definition) is 2. The summed E-state index contributed by atoms with van der Waals surface area (Å²) in [6, 6.07) is 0. The highest BCUT2D eigenvalue weighted by atomic mass is 16.6. The van der Waals surface area contributed by atoms with E-state index < -0.39 is 18.5 Å². The average Bonchev–Trinajstić information content (AvgIpc) is 3.03. The maximum Gasteiger partial charge on any atom is 0.308 e. The van der Waals surface area contributed by atoms with Gasteiger partial charge in [0.05, 0.1) is 57.7 Å². The fourth-order valence-corrected chi connectivity index (χ4v) is 4.42. The standard InChI is InChI=1S/C31H50O13/c32-17-3-4-21-43-30(38)24-11-13-25(14-12-24)31(39)44-22-8-7-20-42-29(37)16-15-28(36)41-19-6-5-18-40-27(35)10-2-1-9-26(34)23-33/h24-25,32-33H,1-23H2. The van der Waals surface area contributed by atoms with Gasteiger partial charge in [0.2, 0.25) is 0 Å². The number of unbranched alkanes of at least 4 members (excludes halogenated alkanes) is 4. The van der Waals surface area contributed by atoms with Gasteiger partial charge in [0.1, 0.15) is 6.61 Å². The maximum absolute atomic E-state index is 12.3. The number of hydrogen-bond acceptors (Lipinski definition) is 13. The molecule has 44 heavy (non-hydrogen) atoms. The summed E-state index contributed by atoms with van der Waals surface area (Å²) in [5.41, 5.74) is 0. The van der Waals surface area contributed by atoms with Crippen molar-refractivity contribution >= 4 is 35.6 Å². The van der Waals surface area contributed by atoms with Crippen LogP contribution in [0.25, 0.3) is 0 Å². The summed E-state index contributed by atoms with van der Waals surface area (Å²) in [4.78, 5) is 70.6. The third kappa shape index (κ3) is 20.0. The fraction of sp³-hybridized carbons (Fsp3) is 0.806. The number of aliphatic hydroxyl groups excluding tert-OH is 2. The van der Waals surface area contributed by atoms with Crippen LogP contribution in [0.15, 0.2) is 0 Å². The van der Waals surface area contributed by atoms with Gasteiger partial charge >= 0.3 is 29.8 Å². The molecule has 0 saturated heterocycles. The molecule has 0 bridgehead atoms. The zero-order valence-corrected chi connectivity index (χ0v) is 25.8. The van der Waals surface area contributed by atoms with Gasteiger partial charge in [0, 0.05) is 19.4 Å². The molecule has 13 heteroatoms. The maximum atomic E-state index is 12.3. The van der Waals surface area contributed by atoms with Gasteiger partial charge in [0.25, 0.3) is 0 Å². The minimum Gasteiger partial charge on any atom is -0.466 e. The van der Waals surface area contributed by atoms with Crippen molar-refractivity contribution in [1.82, 2.24) is 0 Å². The van der Waals surface area contributed by atoms with Gasteiger partial charge in [-0.15, -0.1) is 0 Å². The first kappa shape index (κ1) is 39.0. The molecule has 0 amide bonds. The van der Waals surface area contributed by atoms with Crippen LogP contribution >= 0.6 is 0 Å². The van der Waals surface area contributed by atoms with Gasteiger partial charge in [-0.2, -0.15) is 0 Å². The number of rotatable bonds is 25. The molecule has 252 valence electrons. The highest BCUT2D eigenvalue weighted by Crippen LogP contribution is 2.30. The zero-order chi connectivity index (χ0) is 32.4. The number of ketones is 1. The zero-order valence-electron chi connectivity index (χ0n) is 25.8. The Morgan fingerprint density at radius 2 is 0.818 bits per heavy atom. The van der Waals surface area contributed by atoms with Crippen LogP contribution < -0.4 is 0 Å². The Morgan fingerprint density at radius 1 is 0.455 bits per heavy atom. The molecular formula is C31H50O13. The number of Topliss-reactive ketones (excluding diaryl/α,β-unsaturated/α-hetero) is 1. The lowest BCUT2D eigenvalue weighted by Crippen LogP contribution is -2.28. The Hall–Kier alpha value is -3.06. The summed E-state index contributed by atoms with van der Waals surface area (Å²) in [5, 5.41) is 17.4. The number of carbonyl (C=O) groups is 6. The van der Waals surface area contributed by atoms with E-state index >= 15 is 0 Å². The molecule has 0 aliphatic heterocycles. The Morgan fingerprint density at radius 3 is 1.23 bits per heavy atom. The van der Waals surface area contributed by atoms with Crippen molar-refractivity contribution in [2.45, 2.75) is 103 Å². The van der Waals surface area contributed by atoms with Crippen molar-refractivity contribution in [2.75, 3.05) is 46.2 Å². The third-order valence-corrected chi connectivity index (χ3v) is 7.10.